The molecule has 0 spiro atoms. The van der Waals surface area contributed by atoms with Gasteiger partial charge in [-0.1, -0.05) is 13.0 Å². The lowest BCUT2D eigenvalue weighted by atomic mass is 9.99. The van der Waals surface area contributed by atoms with Crippen LogP contribution in [0.4, 0.5) is 11.4 Å². The Morgan fingerprint density at radius 3 is 2.62 bits per heavy atom. The van der Waals surface area contributed by atoms with E-state index in [9.17, 15) is 4.79 Å². The second-order valence-corrected chi connectivity index (χ2v) is 6.07. The molecule has 1 aromatic rings. The molecule has 1 unspecified atom stereocenters. The Hall–Kier alpha value is -1.01. The summed E-state index contributed by atoms with van der Waals surface area (Å²) < 4.78 is 5.14. The van der Waals surface area contributed by atoms with Crippen LogP contribution in [0.1, 0.15) is 26.2 Å². The molecule has 0 radical (unpaired) electrons. The number of nitrogens with one attached hydrogen (secondary N) is 1. The molecule has 1 amide bonds. The summed E-state index contributed by atoms with van der Waals surface area (Å²) in [6, 6.07) is 8.04. The predicted molar refractivity (Wildman–Crippen MR) is 105 cm³/mol. The van der Waals surface area contributed by atoms with Crippen LogP contribution in [0, 0.1) is 5.92 Å². The smallest absolute Gasteiger partial charge is 0.227 e. The van der Waals surface area contributed by atoms with E-state index < -0.39 is 0 Å². The Morgan fingerprint density at radius 1 is 1.38 bits per heavy atom. The van der Waals surface area contributed by atoms with E-state index in [-0.39, 0.29) is 43.2 Å². The quantitative estimate of drug-likeness (QED) is 0.799. The zero-order chi connectivity index (χ0) is 15.9. The van der Waals surface area contributed by atoms with E-state index in [2.05, 4.69) is 23.2 Å². The van der Waals surface area contributed by atoms with Crippen LogP contribution in [0.3, 0.4) is 0 Å². The number of halogens is 2. The van der Waals surface area contributed by atoms with Crippen molar-refractivity contribution >= 4 is 42.1 Å². The largest absolute Gasteiger partial charge is 0.380 e. The number of rotatable bonds is 6. The third kappa shape index (κ3) is 6.85. The molecule has 0 saturated carbocycles. The lowest BCUT2D eigenvalue weighted by Gasteiger charge is -2.32. The number of anilines is 2. The number of ether oxygens (including phenoxy) is 1. The van der Waals surface area contributed by atoms with Crippen molar-refractivity contribution in [2.45, 2.75) is 32.3 Å². The number of methoxy groups -OCH3 is 1. The van der Waals surface area contributed by atoms with Gasteiger partial charge in [0.05, 0.1) is 12.5 Å². The molecule has 1 heterocycles. The van der Waals surface area contributed by atoms with E-state index in [1.165, 1.54) is 18.5 Å². The fourth-order valence-electron chi connectivity index (χ4n) is 2.73. The lowest BCUT2D eigenvalue weighted by molar-refractivity contribution is -0.118. The van der Waals surface area contributed by atoms with Gasteiger partial charge in [0, 0.05) is 38.1 Å². The number of amides is 1. The van der Waals surface area contributed by atoms with Crippen molar-refractivity contribution in [1.82, 2.24) is 0 Å². The third-order valence-electron chi connectivity index (χ3n) is 4.29. The summed E-state index contributed by atoms with van der Waals surface area (Å²) >= 11 is 0. The molecule has 0 aromatic heterocycles. The Morgan fingerprint density at radius 2 is 2.04 bits per heavy atom. The van der Waals surface area contributed by atoms with Crippen LogP contribution < -0.4 is 16.0 Å². The van der Waals surface area contributed by atoms with Crippen molar-refractivity contribution in [3.63, 3.8) is 0 Å². The Kier molecular flexibility index (Phi) is 11.0. The van der Waals surface area contributed by atoms with Crippen LogP contribution in [0.15, 0.2) is 24.3 Å². The second kappa shape index (κ2) is 11.5. The van der Waals surface area contributed by atoms with Gasteiger partial charge in [-0.05, 0) is 37.0 Å². The average molecular weight is 378 g/mol. The molecule has 7 heteroatoms. The number of carbonyl (C=O) groups is 1. The summed E-state index contributed by atoms with van der Waals surface area (Å²) in [6.07, 6.45) is 2.50. The first-order valence-corrected chi connectivity index (χ1v) is 8.00. The first kappa shape index (κ1) is 23.0. The molecule has 1 aromatic carbocycles. The Bertz CT molecular complexity index is 490. The van der Waals surface area contributed by atoms with Crippen LogP contribution in [-0.2, 0) is 9.53 Å². The molecule has 1 aliphatic rings. The summed E-state index contributed by atoms with van der Waals surface area (Å²) in [7, 11) is 1.57. The highest BCUT2D eigenvalue weighted by Crippen LogP contribution is 2.25. The number of nitrogens with zero attached hydrogens (tertiary/aromatic N) is 1. The molecule has 24 heavy (non-hydrogen) atoms. The van der Waals surface area contributed by atoms with E-state index in [4.69, 9.17) is 10.5 Å². The molecule has 1 atom stereocenters. The van der Waals surface area contributed by atoms with Crippen LogP contribution in [-0.4, -0.2) is 38.8 Å². The minimum atomic E-state index is -0.230. The molecule has 2 rings (SSSR count). The molecule has 3 N–H and O–H groups in total. The maximum absolute atomic E-state index is 12.0. The van der Waals surface area contributed by atoms with Crippen molar-refractivity contribution in [2.24, 2.45) is 11.7 Å². The third-order valence-corrected chi connectivity index (χ3v) is 4.29. The first-order chi connectivity index (χ1) is 10.6. The number of carbonyl (C=O) groups excluding carboxylic acids is 1. The number of piperidine rings is 1. The number of nitrogens with two attached hydrogens (primary N) is 1. The average Bonchev–Trinajstić information content (AvgIpc) is 2.53. The van der Waals surface area contributed by atoms with Crippen molar-refractivity contribution in [1.29, 1.82) is 0 Å². The van der Waals surface area contributed by atoms with E-state index in [0.29, 0.717) is 6.54 Å². The minimum Gasteiger partial charge on any atom is -0.380 e. The topological polar surface area (TPSA) is 67.6 Å². The zero-order valence-corrected chi connectivity index (χ0v) is 16.0. The Labute approximate surface area is 157 Å². The van der Waals surface area contributed by atoms with Crippen LogP contribution in [0.25, 0.3) is 0 Å². The fourth-order valence-corrected chi connectivity index (χ4v) is 2.73. The van der Waals surface area contributed by atoms with Gasteiger partial charge in [0.1, 0.15) is 0 Å². The molecule has 5 nitrogen and oxygen atoms in total. The first-order valence-electron chi connectivity index (χ1n) is 8.00. The van der Waals surface area contributed by atoms with Crippen LogP contribution in [0.2, 0.25) is 0 Å². The van der Waals surface area contributed by atoms with Crippen molar-refractivity contribution < 1.29 is 9.53 Å². The van der Waals surface area contributed by atoms with Gasteiger partial charge in [0.15, 0.2) is 0 Å². The highest BCUT2D eigenvalue weighted by atomic mass is 35.5. The summed E-state index contributed by atoms with van der Waals surface area (Å²) in [6.45, 7) is 4.81. The number of hydrogen-bond acceptors (Lipinski definition) is 4. The molecule has 1 saturated heterocycles. The zero-order valence-electron chi connectivity index (χ0n) is 14.4. The Balaban J connectivity index is 0.00000264. The molecule has 0 bridgehead atoms. The summed E-state index contributed by atoms with van der Waals surface area (Å²) in [5.74, 6) is 0.739. The van der Waals surface area contributed by atoms with E-state index in [0.717, 1.165) is 24.7 Å². The van der Waals surface area contributed by atoms with Crippen LogP contribution in [0.5, 0.6) is 0 Å². The lowest BCUT2D eigenvalue weighted by Crippen LogP contribution is -2.32. The predicted octanol–water partition coefficient (Wildman–Crippen LogP) is 3.07. The molecule has 138 valence electrons. The maximum atomic E-state index is 12.0. The van der Waals surface area contributed by atoms with Gasteiger partial charge >= 0.3 is 0 Å². The van der Waals surface area contributed by atoms with Crippen molar-refractivity contribution in [2.75, 3.05) is 37.0 Å². The molecule has 1 aliphatic heterocycles. The second-order valence-electron chi connectivity index (χ2n) is 6.07. The number of benzene rings is 1. The number of hydrogen-bond donors (Lipinski definition) is 2. The standard InChI is InChI=1S/C17H27N3O2.2ClH/c1-13-6-8-20(9-7-13)15-5-3-4-14(10-15)19-17(21)11-16(12-18)22-2;;/h3-5,10,13,16H,6-9,11-12,18H2,1-2H3,(H,19,21);2*1H. The molecular weight excluding hydrogens is 349 g/mol. The van der Waals surface area contributed by atoms with Gasteiger partial charge < -0.3 is 20.7 Å². The maximum Gasteiger partial charge on any atom is 0.227 e. The molecule has 0 aliphatic carbocycles. The fraction of sp³-hybridized carbons (Fsp3) is 0.588. The normalized spacial score (nSPS) is 15.9. The minimum absolute atomic E-state index is 0. The van der Waals surface area contributed by atoms with Crippen molar-refractivity contribution in [3.05, 3.63) is 24.3 Å². The van der Waals surface area contributed by atoms with Gasteiger partial charge in [0.2, 0.25) is 5.91 Å². The van der Waals surface area contributed by atoms with Gasteiger partial charge in [0.25, 0.3) is 0 Å². The monoisotopic (exact) mass is 377 g/mol. The van der Waals surface area contributed by atoms with E-state index >= 15 is 0 Å². The van der Waals surface area contributed by atoms with Gasteiger partial charge in [-0.2, -0.15) is 0 Å². The highest BCUT2D eigenvalue weighted by molar-refractivity contribution is 5.91. The summed E-state index contributed by atoms with van der Waals surface area (Å²) in [5.41, 5.74) is 7.55. The van der Waals surface area contributed by atoms with Crippen LogP contribution >= 0.6 is 24.8 Å². The summed E-state index contributed by atoms with van der Waals surface area (Å²) in [5, 5.41) is 2.93. The van der Waals surface area contributed by atoms with E-state index in [1.54, 1.807) is 7.11 Å². The van der Waals surface area contributed by atoms with Gasteiger partial charge in [-0.3, -0.25) is 4.79 Å². The van der Waals surface area contributed by atoms with E-state index in [1.807, 2.05) is 18.2 Å². The van der Waals surface area contributed by atoms with Gasteiger partial charge in [-0.15, -0.1) is 24.8 Å². The molecule has 1 fully saturated rings. The summed E-state index contributed by atoms with van der Waals surface area (Å²) in [4.78, 5) is 14.4. The molecular formula is C17H29Cl2N3O2. The van der Waals surface area contributed by atoms with Gasteiger partial charge in [-0.25, -0.2) is 0 Å². The SMILES string of the molecule is COC(CN)CC(=O)Nc1cccc(N2CCC(C)CC2)c1.Cl.Cl. The van der Waals surface area contributed by atoms with Crippen molar-refractivity contribution in [3.8, 4) is 0 Å². The highest BCUT2D eigenvalue weighted by Gasteiger charge is 2.17.